The van der Waals surface area contributed by atoms with Crippen LogP contribution in [0.4, 0.5) is 0 Å². The lowest BCUT2D eigenvalue weighted by atomic mass is 9.77. The molecule has 0 aromatic heterocycles. The van der Waals surface area contributed by atoms with E-state index < -0.39 is 6.10 Å². The second-order valence-electron chi connectivity index (χ2n) is 4.84. The van der Waals surface area contributed by atoms with Gasteiger partial charge < -0.3 is 10.8 Å². The van der Waals surface area contributed by atoms with Crippen molar-refractivity contribution in [2.75, 3.05) is 6.54 Å². The smallest absolute Gasteiger partial charge is 0.0872 e. The quantitative estimate of drug-likeness (QED) is 0.893. The number of hydrogen-bond acceptors (Lipinski definition) is 2. The first-order valence-corrected chi connectivity index (χ1v) is 7.09. The number of benzene rings is 1. The van der Waals surface area contributed by atoms with Crippen LogP contribution in [0, 0.1) is 5.41 Å². The van der Waals surface area contributed by atoms with Crippen LogP contribution in [0.1, 0.15) is 37.4 Å². The van der Waals surface area contributed by atoms with Crippen molar-refractivity contribution < 1.29 is 5.11 Å². The Bertz CT molecular complexity index is 404. The normalized spacial score (nSPS) is 20.5. The SMILES string of the molecule is NCC1(C(O)c2ccc(Br)cc2Cl)CCCC1. The molecule has 94 valence electrons. The molecule has 0 saturated heterocycles. The van der Waals surface area contributed by atoms with Crippen molar-refractivity contribution in [1.29, 1.82) is 0 Å². The van der Waals surface area contributed by atoms with E-state index in [1.165, 1.54) is 0 Å². The zero-order valence-corrected chi connectivity index (χ0v) is 12.0. The maximum absolute atomic E-state index is 10.6. The minimum Gasteiger partial charge on any atom is -0.388 e. The highest BCUT2D eigenvalue weighted by atomic mass is 79.9. The molecule has 3 N–H and O–H groups in total. The highest BCUT2D eigenvalue weighted by Gasteiger charge is 2.40. The molecule has 1 unspecified atom stereocenters. The molecule has 17 heavy (non-hydrogen) atoms. The molecule has 1 aliphatic rings. The van der Waals surface area contributed by atoms with Gasteiger partial charge in [-0.25, -0.2) is 0 Å². The zero-order valence-electron chi connectivity index (χ0n) is 9.63. The lowest BCUT2D eigenvalue weighted by Crippen LogP contribution is -2.34. The lowest BCUT2D eigenvalue weighted by molar-refractivity contribution is 0.0334. The molecule has 1 aliphatic carbocycles. The summed E-state index contributed by atoms with van der Waals surface area (Å²) in [5.41, 5.74) is 6.49. The molecule has 1 aromatic rings. The molecule has 2 nitrogen and oxygen atoms in total. The van der Waals surface area contributed by atoms with E-state index in [-0.39, 0.29) is 5.41 Å². The fourth-order valence-electron chi connectivity index (χ4n) is 2.72. The number of aliphatic hydroxyl groups excluding tert-OH is 1. The maximum atomic E-state index is 10.6. The summed E-state index contributed by atoms with van der Waals surface area (Å²) in [5.74, 6) is 0. The average molecular weight is 319 g/mol. The Kier molecular flexibility index (Phi) is 4.14. The van der Waals surface area contributed by atoms with Gasteiger partial charge >= 0.3 is 0 Å². The van der Waals surface area contributed by atoms with Crippen molar-refractivity contribution in [2.45, 2.75) is 31.8 Å². The van der Waals surface area contributed by atoms with E-state index in [9.17, 15) is 5.11 Å². The summed E-state index contributed by atoms with van der Waals surface area (Å²) in [5, 5.41) is 11.2. The molecule has 1 saturated carbocycles. The van der Waals surface area contributed by atoms with Gasteiger partial charge in [0.1, 0.15) is 0 Å². The molecule has 1 aromatic carbocycles. The van der Waals surface area contributed by atoms with Crippen molar-refractivity contribution in [1.82, 2.24) is 0 Å². The van der Waals surface area contributed by atoms with Gasteiger partial charge in [-0.1, -0.05) is 46.4 Å². The summed E-state index contributed by atoms with van der Waals surface area (Å²) < 4.78 is 0.923. The minimum absolute atomic E-state index is 0.183. The standard InChI is InChI=1S/C13H17BrClNO/c14-9-3-4-10(11(15)7-9)12(17)13(8-16)5-1-2-6-13/h3-4,7,12,17H,1-2,5-6,8,16H2. The highest BCUT2D eigenvalue weighted by Crippen LogP contribution is 2.48. The molecule has 0 aliphatic heterocycles. The molecule has 1 atom stereocenters. The van der Waals surface area contributed by atoms with Gasteiger partial charge in [0, 0.05) is 21.5 Å². The number of aliphatic hydroxyl groups is 1. The maximum Gasteiger partial charge on any atom is 0.0872 e. The van der Waals surface area contributed by atoms with E-state index in [2.05, 4.69) is 15.9 Å². The van der Waals surface area contributed by atoms with Gasteiger partial charge in [0.05, 0.1) is 6.10 Å². The van der Waals surface area contributed by atoms with Crippen LogP contribution in [0.2, 0.25) is 5.02 Å². The summed E-state index contributed by atoms with van der Waals surface area (Å²) in [4.78, 5) is 0. The van der Waals surface area contributed by atoms with E-state index in [1.807, 2.05) is 18.2 Å². The van der Waals surface area contributed by atoms with Gasteiger partial charge in [-0.3, -0.25) is 0 Å². The molecule has 4 heteroatoms. The summed E-state index contributed by atoms with van der Waals surface area (Å²) >= 11 is 9.56. The number of rotatable bonds is 3. The highest BCUT2D eigenvalue weighted by molar-refractivity contribution is 9.10. The number of nitrogens with two attached hydrogens (primary N) is 1. The van der Waals surface area contributed by atoms with Gasteiger partial charge in [0.25, 0.3) is 0 Å². The van der Waals surface area contributed by atoms with Gasteiger partial charge in [-0.2, -0.15) is 0 Å². The molecule has 0 spiro atoms. The van der Waals surface area contributed by atoms with Crippen LogP contribution in [0.25, 0.3) is 0 Å². The second-order valence-corrected chi connectivity index (χ2v) is 6.16. The molecular weight excluding hydrogens is 302 g/mol. The fourth-order valence-corrected chi connectivity index (χ4v) is 3.50. The van der Waals surface area contributed by atoms with Crippen LogP contribution in [-0.2, 0) is 0 Å². The Morgan fingerprint density at radius 3 is 2.59 bits per heavy atom. The van der Waals surface area contributed by atoms with Gasteiger partial charge in [0.2, 0.25) is 0 Å². The fraction of sp³-hybridized carbons (Fsp3) is 0.538. The van der Waals surface area contributed by atoms with Crippen molar-refractivity contribution in [3.8, 4) is 0 Å². The van der Waals surface area contributed by atoms with Gasteiger partial charge in [0.15, 0.2) is 0 Å². The van der Waals surface area contributed by atoms with Crippen LogP contribution in [0.15, 0.2) is 22.7 Å². The van der Waals surface area contributed by atoms with Crippen LogP contribution in [0.3, 0.4) is 0 Å². The minimum atomic E-state index is -0.560. The van der Waals surface area contributed by atoms with Crippen molar-refractivity contribution in [3.05, 3.63) is 33.3 Å². The zero-order chi connectivity index (χ0) is 12.5. The summed E-state index contributed by atoms with van der Waals surface area (Å²) in [6.45, 7) is 0.514. The van der Waals surface area contributed by atoms with Crippen LogP contribution < -0.4 is 5.73 Å². The third-order valence-corrected chi connectivity index (χ3v) is 4.66. The topological polar surface area (TPSA) is 46.2 Å². The lowest BCUT2D eigenvalue weighted by Gasteiger charge is -2.33. The van der Waals surface area contributed by atoms with E-state index in [1.54, 1.807) is 0 Å². The third kappa shape index (κ3) is 2.53. The molecule has 0 radical (unpaired) electrons. The Hall–Kier alpha value is -0.0900. The molecule has 0 bridgehead atoms. The second kappa shape index (κ2) is 5.27. The third-order valence-electron chi connectivity index (χ3n) is 3.84. The Labute approximate surface area is 115 Å². The first-order chi connectivity index (χ1) is 8.09. The first-order valence-electron chi connectivity index (χ1n) is 5.92. The largest absolute Gasteiger partial charge is 0.388 e. The first kappa shape index (κ1) is 13.3. The van der Waals surface area contributed by atoms with Crippen LogP contribution in [0.5, 0.6) is 0 Å². The summed E-state index contributed by atoms with van der Waals surface area (Å²) in [7, 11) is 0. The monoisotopic (exact) mass is 317 g/mol. The Morgan fingerprint density at radius 1 is 1.41 bits per heavy atom. The van der Waals surface area contributed by atoms with Crippen molar-refractivity contribution >= 4 is 27.5 Å². The van der Waals surface area contributed by atoms with Crippen molar-refractivity contribution in [3.63, 3.8) is 0 Å². The summed E-state index contributed by atoms with van der Waals surface area (Å²) in [6.07, 6.45) is 3.69. The Morgan fingerprint density at radius 2 is 2.06 bits per heavy atom. The predicted molar refractivity (Wildman–Crippen MR) is 74.1 cm³/mol. The van der Waals surface area contributed by atoms with Crippen LogP contribution in [-0.4, -0.2) is 11.7 Å². The predicted octanol–water partition coefficient (Wildman–Crippen LogP) is 3.66. The number of hydrogen-bond donors (Lipinski definition) is 2. The molecular formula is C13H17BrClNO. The van der Waals surface area contributed by atoms with Crippen LogP contribution >= 0.6 is 27.5 Å². The molecule has 0 amide bonds. The molecule has 0 heterocycles. The van der Waals surface area contributed by atoms with E-state index in [0.717, 1.165) is 35.7 Å². The van der Waals surface area contributed by atoms with Gasteiger partial charge in [-0.05, 0) is 30.5 Å². The molecule has 2 rings (SSSR count). The van der Waals surface area contributed by atoms with Gasteiger partial charge in [-0.15, -0.1) is 0 Å². The van der Waals surface area contributed by atoms with E-state index in [4.69, 9.17) is 17.3 Å². The number of halogens is 2. The van der Waals surface area contributed by atoms with Crippen molar-refractivity contribution in [2.24, 2.45) is 11.1 Å². The van der Waals surface area contributed by atoms with E-state index >= 15 is 0 Å². The summed E-state index contributed by atoms with van der Waals surface area (Å²) in [6, 6.07) is 5.61. The average Bonchev–Trinajstić information content (AvgIpc) is 2.78. The Balaban J connectivity index is 2.32. The van der Waals surface area contributed by atoms with E-state index in [0.29, 0.717) is 11.6 Å². The molecule has 1 fully saturated rings.